The normalized spacial score (nSPS) is 10.1. The predicted molar refractivity (Wildman–Crippen MR) is 60.1 cm³/mol. The van der Waals surface area contributed by atoms with E-state index in [-0.39, 0.29) is 0 Å². The van der Waals surface area contributed by atoms with Gasteiger partial charge in [0.05, 0.1) is 11.9 Å². The van der Waals surface area contributed by atoms with E-state index in [0.717, 1.165) is 11.3 Å². The van der Waals surface area contributed by atoms with Gasteiger partial charge in [-0.1, -0.05) is 6.07 Å². The van der Waals surface area contributed by atoms with E-state index in [4.69, 9.17) is 11.5 Å². The Hall–Kier alpha value is -2.10. The second-order valence-electron chi connectivity index (χ2n) is 3.31. The number of aromatic nitrogens is 2. The quantitative estimate of drug-likeness (QED) is 0.764. The van der Waals surface area contributed by atoms with Crippen molar-refractivity contribution in [3.8, 4) is 0 Å². The summed E-state index contributed by atoms with van der Waals surface area (Å²) in [6.07, 6.45) is 3.97. The van der Waals surface area contributed by atoms with Crippen LogP contribution >= 0.6 is 0 Å². The van der Waals surface area contributed by atoms with Gasteiger partial charge in [0.25, 0.3) is 0 Å². The molecule has 0 aliphatic rings. The highest BCUT2D eigenvalue weighted by atomic mass is 14.8. The van der Waals surface area contributed by atoms with E-state index < -0.39 is 0 Å². The van der Waals surface area contributed by atoms with E-state index in [0.29, 0.717) is 17.9 Å². The van der Waals surface area contributed by atoms with Crippen molar-refractivity contribution in [3.63, 3.8) is 0 Å². The third-order valence-electron chi connectivity index (χ3n) is 2.12. The van der Waals surface area contributed by atoms with Crippen LogP contribution in [0.5, 0.6) is 0 Å². The van der Waals surface area contributed by atoms with Crippen molar-refractivity contribution in [3.05, 3.63) is 47.9 Å². The molecule has 76 valence electrons. The molecule has 4 heteroatoms. The maximum atomic E-state index is 5.74. The Morgan fingerprint density at radius 3 is 2.73 bits per heavy atom. The van der Waals surface area contributed by atoms with Gasteiger partial charge in [-0.2, -0.15) is 0 Å². The van der Waals surface area contributed by atoms with E-state index >= 15 is 0 Å². The Labute approximate surface area is 88.0 Å². The molecule has 0 spiro atoms. The average molecular weight is 200 g/mol. The predicted octanol–water partition coefficient (Wildman–Crippen LogP) is 1.23. The van der Waals surface area contributed by atoms with Crippen LogP contribution in [0.3, 0.4) is 0 Å². The van der Waals surface area contributed by atoms with Gasteiger partial charge in [-0.15, -0.1) is 0 Å². The molecule has 0 radical (unpaired) electrons. The lowest BCUT2D eigenvalue weighted by Crippen LogP contribution is -2.01. The molecule has 15 heavy (non-hydrogen) atoms. The lowest BCUT2D eigenvalue weighted by molar-refractivity contribution is 1.06. The fourth-order valence-corrected chi connectivity index (χ4v) is 1.38. The molecule has 2 rings (SSSR count). The Bertz CT molecular complexity index is 453. The van der Waals surface area contributed by atoms with Gasteiger partial charge in [0.15, 0.2) is 0 Å². The first-order valence-corrected chi connectivity index (χ1v) is 4.65. The summed E-state index contributed by atoms with van der Waals surface area (Å²) in [4.78, 5) is 8.22. The van der Waals surface area contributed by atoms with Gasteiger partial charge in [0.1, 0.15) is 5.82 Å². The second-order valence-corrected chi connectivity index (χ2v) is 3.31. The van der Waals surface area contributed by atoms with Crippen molar-refractivity contribution in [1.82, 2.24) is 9.97 Å². The molecule has 4 nitrogen and oxygen atoms in total. The molecule has 0 amide bonds. The number of nitrogens with zero attached hydrogens (tertiary/aromatic N) is 2. The van der Waals surface area contributed by atoms with Gasteiger partial charge < -0.3 is 11.5 Å². The van der Waals surface area contributed by atoms with Crippen molar-refractivity contribution in [2.45, 2.75) is 6.42 Å². The molecule has 0 saturated carbocycles. The highest BCUT2D eigenvalue weighted by Crippen LogP contribution is 2.15. The van der Waals surface area contributed by atoms with Crippen molar-refractivity contribution >= 4 is 11.5 Å². The number of hydrogen-bond acceptors (Lipinski definition) is 4. The zero-order chi connectivity index (χ0) is 10.7. The Morgan fingerprint density at radius 1 is 1.13 bits per heavy atom. The first-order valence-electron chi connectivity index (χ1n) is 4.65. The largest absolute Gasteiger partial charge is 0.397 e. The minimum absolute atomic E-state index is 0.509. The molecule has 0 unspecified atom stereocenters. The molecular weight excluding hydrogens is 188 g/mol. The summed E-state index contributed by atoms with van der Waals surface area (Å²) < 4.78 is 0. The third kappa shape index (κ3) is 2.22. The summed E-state index contributed by atoms with van der Waals surface area (Å²) in [7, 11) is 0. The van der Waals surface area contributed by atoms with Crippen LogP contribution in [0.25, 0.3) is 0 Å². The maximum Gasteiger partial charge on any atom is 0.127 e. The van der Waals surface area contributed by atoms with Crippen LogP contribution in [0.1, 0.15) is 11.3 Å². The van der Waals surface area contributed by atoms with E-state index in [9.17, 15) is 0 Å². The summed E-state index contributed by atoms with van der Waals surface area (Å²) in [5, 5.41) is 0. The van der Waals surface area contributed by atoms with Crippen molar-refractivity contribution in [1.29, 1.82) is 0 Å². The lowest BCUT2D eigenvalue weighted by Gasteiger charge is -2.04. The van der Waals surface area contributed by atoms with Crippen LogP contribution in [0, 0.1) is 0 Å². The zero-order valence-electron chi connectivity index (χ0n) is 8.22. The molecule has 0 fully saturated rings. The molecule has 2 aromatic rings. The van der Waals surface area contributed by atoms with E-state index in [1.54, 1.807) is 12.4 Å². The lowest BCUT2D eigenvalue weighted by atomic mass is 10.1. The molecule has 0 atom stereocenters. The van der Waals surface area contributed by atoms with Gasteiger partial charge in [-0.3, -0.25) is 4.98 Å². The Morgan fingerprint density at radius 2 is 2.00 bits per heavy atom. The number of rotatable bonds is 2. The molecule has 0 aliphatic heterocycles. The van der Waals surface area contributed by atoms with Crippen molar-refractivity contribution < 1.29 is 0 Å². The highest BCUT2D eigenvalue weighted by Gasteiger charge is 2.03. The minimum Gasteiger partial charge on any atom is -0.397 e. The maximum absolute atomic E-state index is 5.74. The first kappa shape index (κ1) is 9.45. The minimum atomic E-state index is 0.509. The van der Waals surface area contributed by atoms with Crippen LogP contribution in [0.15, 0.2) is 36.7 Å². The van der Waals surface area contributed by atoms with Crippen LogP contribution < -0.4 is 11.5 Å². The smallest absolute Gasteiger partial charge is 0.127 e. The van der Waals surface area contributed by atoms with Gasteiger partial charge in [-0.25, -0.2) is 4.98 Å². The molecule has 2 aromatic heterocycles. The number of hydrogen-bond donors (Lipinski definition) is 2. The van der Waals surface area contributed by atoms with Gasteiger partial charge in [0.2, 0.25) is 0 Å². The highest BCUT2D eigenvalue weighted by molar-refractivity contribution is 5.49. The molecule has 0 bridgehead atoms. The standard InChI is InChI=1S/C11H12N4/c12-9-5-8(11(13)15-7-9)6-10-3-1-2-4-14-10/h1-5,7H,6,12H2,(H2,13,15). The number of nitrogen functional groups attached to an aromatic ring is 2. The second kappa shape index (κ2) is 3.96. The van der Waals surface area contributed by atoms with Crippen molar-refractivity contribution in [2.24, 2.45) is 0 Å². The van der Waals surface area contributed by atoms with Gasteiger partial charge in [-0.05, 0) is 18.2 Å². The summed E-state index contributed by atoms with van der Waals surface area (Å²) in [6.45, 7) is 0. The molecule has 4 N–H and O–H groups in total. The topological polar surface area (TPSA) is 77.8 Å². The van der Waals surface area contributed by atoms with E-state index in [1.165, 1.54) is 0 Å². The third-order valence-corrected chi connectivity index (χ3v) is 2.12. The summed E-state index contributed by atoms with van der Waals surface area (Å²) in [5.41, 5.74) is 13.9. The average Bonchev–Trinajstić information content (AvgIpc) is 2.25. The van der Waals surface area contributed by atoms with E-state index in [1.807, 2.05) is 24.3 Å². The molecule has 0 saturated heterocycles. The number of pyridine rings is 2. The fraction of sp³-hybridized carbons (Fsp3) is 0.0909. The number of anilines is 2. The first-order chi connectivity index (χ1) is 7.25. The van der Waals surface area contributed by atoms with Crippen LogP contribution in [0.2, 0.25) is 0 Å². The monoisotopic (exact) mass is 200 g/mol. The summed E-state index contributed by atoms with van der Waals surface area (Å²) >= 11 is 0. The van der Waals surface area contributed by atoms with Crippen LogP contribution in [-0.4, -0.2) is 9.97 Å². The molecule has 0 aliphatic carbocycles. The van der Waals surface area contributed by atoms with Crippen LogP contribution in [-0.2, 0) is 6.42 Å². The van der Waals surface area contributed by atoms with Crippen LogP contribution in [0.4, 0.5) is 11.5 Å². The summed E-state index contributed by atoms with van der Waals surface area (Å²) in [6, 6.07) is 7.60. The Balaban J connectivity index is 2.28. The Kier molecular flexibility index (Phi) is 2.49. The van der Waals surface area contributed by atoms with Crippen molar-refractivity contribution in [2.75, 3.05) is 11.5 Å². The molecular formula is C11H12N4. The SMILES string of the molecule is Nc1cnc(N)c(Cc2ccccn2)c1. The molecule has 2 heterocycles. The number of nitrogens with two attached hydrogens (primary N) is 2. The van der Waals surface area contributed by atoms with E-state index in [2.05, 4.69) is 9.97 Å². The summed E-state index contributed by atoms with van der Waals surface area (Å²) in [5.74, 6) is 0.509. The van der Waals surface area contributed by atoms with Gasteiger partial charge >= 0.3 is 0 Å². The van der Waals surface area contributed by atoms with Gasteiger partial charge in [0, 0.05) is 23.9 Å². The molecule has 0 aromatic carbocycles. The fourth-order valence-electron chi connectivity index (χ4n) is 1.38. The zero-order valence-corrected chi connectivity index (χ0v) is 8.22.